The summed E-state index contributed by atoms with van der Waals surface area (Å²) in [5.41, 5.74) is -1.63. The van der Waals surface area contributed by atoms with Gasteiger partial charge in [-0.05, 0) is 43.2 Å². The highest BCUT2D eigenvalue weighted by Crippen LogP contribution is 2.34. The van der Waals surface area contributed by atoms with Crippen LogP contribution < -0.4 is 20.7 Å². The van der Waals surface area contributed by atoms with Crippen molar-refractivity contribution in [2.75, 3.05) is 16.0 Å². The Hall–Kier alpha value is -3.93. The summed E-state index contributed by atoms with van der Waals surface area (Å²) in [7, 11) is 0. The van der Waals surface area contributed by atoms with Crippen LogP contribution in [-0.4, -0.2) is 21.9 Å². The minimum atomic E-state index is -4.91. The average Bonchev–Trinajstić information content (AvgIpc) is 3.62. The van der Waals surface area contributed by atoms with Crippen LogP contribution in [0.25, 0.3) is 0 Å². The molecule has 2 aromatic carbocycles. The maximum Gasteiger partial charge on any atom is 0.419 e. The number of benzene rings is 2. The van der Waals surface area contributed by atoms with E-state index in [4.69, 9.17) is 16.3 Å². The maximum absolute atomic E-state index is 13.4. The molecule has 0 unspecified atom stereocenters. The van der Waals surface area contributed by atoms with Crippen molar-refractivity contribution in [3.63, 3.8) is 0 Å². The molecule has 4 rings (SSSR count). The molecule has 1 fully saturated rings. The topological polar surface area (TPSA) is 105 Å². The van der Waals surface area contributed by atoms with Crippen molar-refractivity contribution < 1.29 is 31.9 Å². The van der Waals surface area contributed by atoms with E-state index in [-0.39, 0.29) is 45.7 Å². The first-order chi connectivity index (χ1) is 16.6. The number of ether oxygens (including phenoxy) is 1. The highest BCUT2D eigenvalue weighted by Gasteiger charge is 2.34. The number of amides is 3. The maximum atomic E-state index is 13.4. The van der Waals surface area contributed by atoms with Crippen molar-refractivity contribution in [3.8, 4) is 11.6 Å². The monoisotopic (exact) mass is 509 g/mol. The molecule has 0 spiro atoms. The highest BCUT2D eigenvalue weighted by atomic mass is 35.5. The first-order valence-electron chi connectivity index (χ1n) is 10.1. The van der Waals surface area contributed by atoms with Crippen molar-refractivity contribution in [3.05, 3.63) is 65.2 Å². The number of aromatic nitrogens is 2. The molecule has 3 aromatic rings. The van der Waals surface area contributed by atoms with Gasteiger partial charge in [0.25, 0.3) is 0 Å². The summed E-state index contributed by atoms with van der Waals surface area (Å²) in [6, 6.07) is 6.86. The molecule has 3 amide bonds. The zero-order chi connectivity index (χ0) is 25.2. The second-order valence-corrected chi connectivity index (χ2v) is 7.93. The number of hydrogen-bond donors (Lipinski definition) is 3. The van der Waals surface area contributed by atoms with Gasteiger partial charge in [-0.15, -0.1) is 0 Å². The van der Waals surface area contributed by atoms with E-state index < -0.39 is 23.6 Å². The van der Waals surface area contributed by atoms with Crippen LogP contribution in [0, 0.1) is 11.7 Å². The van der Waals surface area contributed by atoms with Gasteiger partial charge < -0.3 is 20.7 Å². The normalized spacial score (nSPS) is 13.2. The third-order valence-corrected chi connectivity index (χ3v) is 5.09. The molecule has 1 saturated carbocycles. The third kappa shape index (κ3) is 6.35. The van der Waals surface area contributed by atoms with E-state index in [1.807, 2.05) is 0 Å². The fourth-order valence-electron chi connectivity index (χ4n) is 2.92. The molecule has 0 saturated heterocycles. The Kier molecular flexibility index (Phi) is 6.74. The highest BCUT2D eigenvalue weighted by molar-refractivity contribution is 6.34. The Morgan fingerprint density at radius 2 is 1.77 bits per heavy atom. The number of urea groups is 1. The molecule has 0 aliphatic heterocycles. The number of carbonyl (C=O) groups is 2. The summed E-state index contributed by atoms with van der Waals surface area (Å²) in [5, 5.41) is 7.30. The van der Waals surface area contributed by atoms with Gasteiger partial charge >= 0.3 is 12.2 Å². The average molecular weight is 510 g/mol. The number of nitrogens with one attached hydrogen (secondary N) is 3. The molecule has 35 heavy (non-hydrogen) atoms. The van der Waals surface area contributed by atoms with E-state index in [9.17, 15) is 27.2 Å². The predicted octanol–water partition coefficient (Wildman–Crippen LogP) is 6.07. The molecule has 1 aromatic heterocycles. The molecule has 0 bridgehead atoms. The predicted molar refractivity (Wildman–Crippen MR) is 119 cm³/mol. The van der Waals surface area contributed by atoms with Crippen LogP contribution in [0.3, 0.4) is 0 Å². The Balaban J connectivity index is 1.39. The molecule has 182 valence electrons. The van der Waals surface area contributed by atoms with Gasteiger partial charge in [0.15, 0.2) is 0 Å². The number of halogens is 5. The molecular formula is C22H16ClF4N5O3. The van der Waals surface area contributed by atoms with Crippen molar-refractivity contribution in [2.45, 2.75) is 19.0 Å². The van der Waals surface area contributed by atoms with Crippen LogP contribution in [0.2, 0.25) is 5.02 Å². The number of anilines is 3. The minimum absolute atomic E-state index is 0.000122. The summed E-state index contributed by atoms with van der Waals surface area (Å²) in [6.07, 6.45) is -2.00. The van der Waals surface area contributed by atoms with Gasteiger partial charge in [0.2, 0.25) is 11.8 Å². The molecule has 1 aliphatic carbocycles. The van der Waals surface area contributed by atoms with Crippen LogP contribution in [0.5, 0.6) is 11.6 Å². The number of alkyl halides is 3. The minimum Gasteiger partial charge on any atom is -0.439 e. The SMILES string of the molecule is O=C(Nc1ccc(F)c(C(F)(F)F)c1)Nc1ccc(Oc2cc(NC(=O)C3CC3)ncn2)cc1Cl. The summed E-state index contributed by atoms with van der Waals surface area (Å²) < 4.78 is 57.6. The lowest BCUT2D eigenvalue weighted by Crippen LogP contribution is -2.20. The largest absolute Gasteiger partial charge is 0.439 e. The Bertz CT molecular complexity index is 1280. The van der Waals surface area contributed by atoms with E-state index in [0.29, 0.717) is 12.1 Å². The van der Waals surface area contributed by atoms with Gasteiger partial charge in [-0.2, -0.15) is 13.2 Å². The van der Waals surface area contributed by atoms with Crippen molar-refractivity contribution in [2.24, 2.45) is 5.92 Å². The zero-order valence-electron chi connectivity index (χ0n) is 17.6. The van der Waals surface area contributed by atoms with Gasteiger partial charge in [-0.25, -0.2) is 19.2 Å². The zero-order valence-corrected chi connectivity index (χ0v) is 18.4. The molecule has 1 aliphatic rings. The van der Waals surface area contributed by atoms with Crippen molar-refractivity contribution >= 4 is 40.7 Å². The van der Waals surface area contributed by atoms with E-state index in [2.05, 4.69) is 25.9 Å². The van der Waals surface area contributed by atoms with Gasteiger partial charge in [0, 0.05) is 23.7 Å². The number of hydrogen-bond acceptors (Lipinski definition) is 5. The van der Waals surface area contributed by atoms with Gasteiger partial charge in [-0.1, -0.05) is 11.6 Å². The van der Waals surface area contributed by atoms with E-state index in [1.54, 1.807) is 0 Å². The molecule has 3 N–H and O–H groups in total. The lowest BCUT2D eigenvalue weighted by atomic mass is 10.2. The lowest BCUT2D eigenvalue weighted by molar-refractivity contribution is -0.139. The van der Waals surface area contributed by atoms with Crippen LogP contribution in [0.15, 0.2) is 48.8 Å². The molecule has 0 radical (unpaired) electrons. The molecule has 1 heterocycles. The lowest BCUT2D eigenvalue weighted by Gasteiger charge is -2.13. The fourth-order valence-corrected chi connectivity index (χ4v) is 3.14. The first-order valence-corrected chi connectivity index (χ1v) is 10.5. The van der Waals surface area contributed by atoms with Gasteiger partial charge in [0.1, 0.15) is 23.7 Å². The van der Waals surface area contributed by atoms with Gasteiger partial charge in [0.05, 0.1) is 16.3 Å². The van der Waals surface area contributed by atoms with Crippen LogP contribution >= 0.6 is 11.6 Å². The first kappa shape index (κ1) is 24.2. The number of nitrogens with zero attached hydrogens (tertiary/aromatic N) is 2. The second-order valence-electron chi connectivity index (χ2n) is 7.52. The Morgan fingerprint density at radius 3 is 2.46 bits per heavy atom. The quantitative estimate of drug-likeness (QED) is 0.350. The molecule has 13 heteroatoms. The van der Waals surface area contributed by atoms with Gasteiger partial charge in [-0.3, -0.25) is 4.79 Å². The Labute approximate surface area is 200 Å². The summed E-state index contributed by atoms with van der Waals surface area (Å²) in [4.78, 5) is 32.0. The van der Waals surface area contributed by atoms with E-state index in [0.717, 1.165) is 18.9 Å². The summed E-state index contributed by atoms with van der Waals surface area (Å²) in [6.45, 7) is 0. The summed E-state index contributed by atoms with van der Waals surface area (Å²) >= 11 is 6.18. The molecule has 0 atom stereocenters. The standard InChI is InChI=1S/C22H16ClF4N5O3/c23-15-8-13(35-19-9-18(28-10-29-19)32-20(33)11-1-2-11)4-6-17(15)31-21(34)30-12-3-5-16(24)14(7-12)22(25,26)27/h3-11H,1-2H2,(H2,30,31,34)(H,28,29,32,33). The number of rotatable bonds is 6. The fraction of sp³-hybridized carbons (Fsp3) is 0.182. The van der Waals surface area contributed by atoms with Crippen LogP contribution in [-0.2, 0) is 11.0 Å². The van der Waals surface area contributed by atoms with Crippen LogP contribution in [0.1, 0.15) is 18.4 Å². The smallest absolute Gasteiger partial charge is 0.419 e. The van der Waals surface area contributed by atoms with Crippen LogP contribution in [0.4, 0.5) is 39.5 Å². The van der Waals surface area contributed by atoms with E-state index in [1.165, 1.54) is 30.6 Å². The summed E-state index contributed by atoms with van der Waals surface area (Å²) in [5.74, 6) is -0.905. The molecular weight excluding hydrogens is 494 g/mol. The Morgan fingerprint density at radius 1 is 1.00 bits per heavy atom. The number of carbonyl (C=O) groups excluding carboxylic acids is 2. The molecule has 8 nitrogen and oxygen atoms in total. The third-order valence-electron chi connectivity index (χ3n) is 4.78. The van der Waals surface area contributed by atoms with Crippen molar-refractivity contribution in [1.29, 1.82) is 0 Å². The second kappa shape index (κ2) is 9.74. The van der Waals surface area contributed by atoms with E-state index >= 15 is 0 Å². The van der Waals surface area contributed by atoms with Crippen molar-refractivity contribution in [1.82, 2.24) is 9.97 Å².